The van der Waals surface area contributed by atoms with Gasteiger partial charge in [-0.15, -0.1) is 0 Å². The number of anilines is 1. The zero-order valence-electron chi connectivity index (χ0n) is 9.57. The van der Waals surface area contributed by atoms with Crippen molar-refractivity contribution >= 4 is 16.7 Å². The van der Waals surface area contributed by atoms with Gasteiger partial charge in [0.2, 0.25) is 0 Å². The van der Waals surface area contributed by atoms with E-state index in [1.54, 1.807) is 10.6 Å². The van der Waals surface area contributed by atoms with Crippen molar-refractivity contribution in [2.24, 2.45) is 0 Å². The molecule has 0 aromatic heterocycles. The summed E-state index contributed by atoms with van der Waals surface area (Å²) in [6.07, 6.45) is 1.67. The van der Waals surface area contributed by atoms with Crippen LogP contribution >= 0.6 is 0 Å². The van der Waals surface area contributed by atoms with Crippen LogP contribution in [0.25, 0.3) is 0 Å². The van der Waals surface area contributed by atoms with Crippen LogP contribution in [0.3, 0.4) is 0 Å². The molecule has 0 heterocycles. The maximum absolute atomic E-state index is 11.1. The first kappa shape index (κ1) is 13.2. The minimum Gasteiger partial charge on any atom is -0.295 e. The van der Waals surface area contributed by atoms with Crippen molar-refractivity contribution in [3.05, 3.63) is 29.8 Å². The summed E-state index contributed by atoms with van der Waals surface area (Å²) >= 11 is 0. The number of benzene rings is 1. The molecule has 0 aliphatic carbocycles. The lowest BCUT2D eigenvalue weighted by Gasteiger charge is -2.17. The van der Waals surface area contributed by atoms with Crippen molar-refractivity contribution in [1.29, 1.82) is 0 Å². The van der Waals surface area contributed by atoms with Gasteiger partial charge in [0.1, 0.15) is 11.0 Å². The Bertz CT molecular complexity index is 299. The van der Waals surface area contributed by atoms with Crippen molar-refractivity contribution < 1.29 is 4.21 Å². The molecule has 14 heavy (non-hydrogen) atoms. The van der Waals surface area contributed by atoms with Crippen LogP contribution in [-0.4, -0.2) is 17.5 Å². The van der Waals surface area contributed by atoms with Gasteiger partial charge < -0.3 is 0 Å². The van der Waals surface area contributed by atoms with E-state index < -0.39 is 11.0 Å². The van der Waals surface area contributed by atoms with Gasteiger partial charge in [-0.25, -0.2) is 4.21 Å². The molecule has 0 N–H and O–H groups in total. The summed E-state index contributed by atoms with van der Waals surface area (Å²) in [6.45, 7) is 6.01. The average molecular weight is 213 g/mol. The highest BCUT2D eigenvalue weighted by Crippen LogP contribution is 2.18. The van der Waals surface area contributed by atoms with E-state index in [1.165, 1.54) is 0 Å². The van der Waals surface area contributed by atoms with Crippen molar-refractivity contribution in [3.63, 3.8) is 0 Å². The minimum atomic E-state index is -0.938. The zero-order chi connectivity index (χ0) is 11.1. The molecule has 0 saturated heterocycles. The lowest BCUT2D eigenvalue weighted by molar-refractivity contribution is 0.685. The highest BCUT2D eigenvalue weighted by Gasteiger charge is 2.05. The second-order valence-corrected chi connectivity index (χ2v) is 4.10. The van der Waals surface area contributed by atoms with Gasteiger partial charge in [0.05, 0.1) is 5.69 Å². The molecule has 1 rings (SSSR count). The number of hydrogen-bond donors (Lipinski definition) is 0. The Hall–Kier alpha value is -0.830. The fourth-order valence-electron chi connectivity index (χ4n) is 1.06. The Kier molecular flexibility index (Phi) is 6.21. The van der Waals surface area contributed by atoms with Gasteiger partial charge in [-0.05, 0) is 18.6 Å². The third kappa shape index (κ3) is 3.50. The van der Waals surface area contributed by atoms with E-state index in [2.05, 4.69) is 0 Å². The fraction of sp³-hybridized carbons (Fsp3) is 0.455. The number of aryl methyl sites for hydroxylation is 1. The van der Waals surface area contributed by atoms with Crippen LogP contribution < -0.4 is 4.31 Å². The van der Waals surface area contributed by atoms with E-state index in [-0.39, 0.29) is 0 Å². The monoisotopic (exact) mass is 213 g/mol. The van der Waals surface area contributed by atoms with Crippen molar-refractivity contribution in [2.45, 2.75) is 20.8 Å². The van der Waals surface area contributed by atoms with Crippen LogP contribution in [0, 0.1) is 6.92 Å². The van der Waals surface area contributed by atoms with Crippen LogP contribution in [0.1, 0.15) is 19.4 Å². The van der Waals surface area contributed by atoms with Crippen molar-refractivity contribution in [1.82, 2.24) is 0 Å². The van der Waals surface area contributed by atoms with Crippen LogP contribution in [0.5, 0.6) is 0 Å². The molecule has 0 spiro atoms. The first-order valence-corrected chi connectivity index (χ1v) is 6.27. The maximum atomic E-state index is 11.1. The lowest BCUT2D eigenvalue weighted by atomic mass is 10.2. The lowest BCUT2D eigenvalue weighted by Crippen LogP contribution is -2.19. The van der Waals surface area contributed by atoms with E-state index in [0.717, 1.165) is 11.3 Å². The van der Waals surface area contributed by atoms with Gasteiger partial charge in [-0.2, -0.15) is 0 Å². The van der Waals surface area contributed by atoms with Crippen LogP contribution in [0.15, 0.2) is 24.3 Å². The molecule has 3 heteroatoms. The molecule has 2 nitrogen and oxygen atoms in total. The molecular weight excluding hydrogens is 194 g/mol. The minimum absolute atomic E-state index is 0.938. The molecule has 0 radical (unpaired) electrons. The van der Waals surface area contributed by atoms with E-state index in [4.69, 9.17) is 0 Å². The highest BCUT2D eigenvalue weighted by atomic mass is 32.2. The smallest absolute Gasteiger partial charge is 0.116 e. The summed E-state index contributed by atoms with van der Waals surface area (Å²) < 4.78 is 12.9. The highest BCUT2D eigenvalue weighted by molar-refractivity contribution is 7.85. The molecule has 1 aromatic rings. The number of rotatable bonds is 2. The molecule has 0 amide bonds. The Morgan fingerprint density at radius 1 is 1.21 bits per heavy atom. The van der Waals surface area contributed by atoms with Crippen LogP contribution in [0.2, 0.25) is 0 Å². The molecule has 1 atom stereocenters. The summed E-state index contributed by atoms with van der Waals surface area (Å²) in [4.78, 5) is 0. The number of para-hydroxylation sites is 1. The topological polar surface area (TPSA) is 20.3 Å². The van der Waals surface area contributed by atoms with Gasteiger partial charge in [0, 0.05) is 13.3 Å². The predicted octanol–water partition coefficient (Wildman–Crippen LogP) is 2.75. The molecule has 80 valence electrons. The normalized spacial score (nSPS) is 11.2. The first-order valence-electron chi connectivity index (χ1n) is 4.76. The Morgan fingerprint density at radius 3 is 2.14 bits per heavy atom. The van der Waals surface area contributed by atoms with Crippen molar-refractivity contribution in [3.8, 4) is 0 Å². The molecule has 0 bridgehead atoms. The standard InChI is InChI=1S/C9H13NOS.C2H6/c1-8-6-4-5-7-9(8)10(2)12(3)11;1-2/h4-7H,1-3H3;1-2H3. The molecule has 0 saturated carbocycles. The van der Waals surface area contributed by atoms with Gasteiger partial charge in [0.25, 0.3) is 0 Å². The van der Waals surface area contributed by atoms with E-state index >= 15 is 0 Å². The third-order valence-electron chi connectivity index (χ3n) is 1.84. The van der Waals surface area contributed by atoms with E-state index in [1.807, 2.05) is 52.1 Å². The molecule has 0 fully saturated rings. The zero-order valence-corrected chi connectivity index (χ0v) is 10.4. The molecular formula is C11H19NOS. The Balaban J connectivity index is 0.000000791. The molecule has 0 aliphatic heterocycles. The average Bonchev–Trinajstić information content (AvgIpc) is 2.20. The number of hydrogen-bond acceptors (Lipinski definition) is 1. The summed E-state index contributed by atoms with van der Waals surface area (Å²) in [5.41, 5.74) is 2.17. The van der Waals surface area contributed by atoms with Gasteiger partial charge in [-0.1, -0.05) is 32.0 Å². The largest absolute Gasteiger partial charge is 0.295 e. The van der Waals surface area contributed by atoms with Gasteiger partial charge in [0.15, 0.2) is 0 Å². The van der Waals surface area contributed by atoms with E-state index in [0.29, 0.717) is 0 Å². The number of nitrogens with zero attached hydrogens (tertiary/aromatic N) is 1. The van der Waals surface area contributed by atoms with Crippen LogP contribution in [0.4, 0.5) is 5.69 Å². The summed E-state index contributed by atoms with van der Waals surface area (Å²) in [5.74, 6) is 0. The predicted molar refractivity (Wildman–Crippen MR) is 65.0 cm³/mol. The second-order valence-electron chi connectivity index (χ2n) is 2.71. The summed E-state index contributed by atoms with van der Waals surface area (Å²) in [6, 6.07) is 7.91. The van der Waals surface area contributed by atoms with Crippen molar-refractivity contribution in [2.75, 3.05) is 17.6 Å². The Labute approximate surface area is 89.5 Å². The second kappa shape index (κ2) is 6.60. The Morgan fingerprint density at radius 2 is 1.71 bits per heavy atom. The molecule has 1 aromatic carbocycles. The quantitative estimate of drug-likeness (QED) is 0.739. The third-order valence-corrected chi connectivity index (χ3v) is 2.81. The van der Waals surface area contributed by atoms with Crippen LogP contribution in [-0.2, 0) is 11.0 Å². The first-order chi connectivity index (χ1) is 6.63. The SMILES string of the molecule is CC.Cc1ccccc1N(C)S(C)=O. The maximum Gasteiger partial charge on any atom is 0.116 e. The van der Waals surface area contributed by atoms with Gasteiger partial charge >= 0.3 is 0 Å². The summed E-state index contributed by atoms with van der Waals surface area (Å²) in [5, 5.41) is 0. The molecule has 1 unspecified atom stereocenters. The van der Waals surface area contributed by atoms with E-state index in [9.17, 15) is 4.21 Å². The molecule has 0 aliphatic rings. The van der Waals surface area contributed by atoms with Gasteiger partial charge in [-0.3, -0.25) is 4.31 Å². The fourth-order valence-corrected chi connectivity index (χ4v) is 1.54. The summed E-state index contributed by atoms with van der Waals surface area (Å²) in [7, 11) is 0.894.